The summed E-state index contributed by atoms with van der Waals surface area (Å²) in [6, 6.07) is 8.58. The molecule has 0 saturated heterocycles. The van der Waals surface area contributed by atoms with Crippen molar-refractivity contribution in [2.24, 2.45) is 0 Å². The lowest BCUT2D eigenvalue weighted by Gasteiger charge is -2.36. The van der Waals surface area contributed by atoms with Crippen LogP contribution in [-0.4, -0.2) is 32.0 Å². The monoisotopic (exact) mass is 292 g/mol. The second-order valence-electron chi connectivity index (χ2n) is 4.91. The van der Waals surface area contributed by atoms with Crippen molar-refractivity contribution in [2.45, 2.75) is 25.4 Å². The Balaban J connectivity index is 2.04. The van der Waals surface area contributed by atoms with E-state index in [0.717, 1.165) is 19.4 Å². The van der Waals surface area contributed by atoms with E-state index in [1.165, 1.54) is 22.2 Å². The van der Waals surface area contributed by atoms with Gasteiger partial charge in [-0.15, -0.1) is 12.6 Å². The molecule has 1 aromatic heterocycles. The average molecular weight is 292 g/mol. The number of aliphatic hydroxyl groups is 1. The largest absolute Gasteiger partial charge is 0.396 e. The fourth-order valence-electron chi connectivity index (χ4n) is 2.90. The maximum absolute atomic E-state index is 9.23. The topological polar surface area (TPSA) is 39.3 Å². The van der Waals surface area contributed by atoms with Crippen LogP contribution in [-0.2, 0) is 13.0 Å². The highest BCUT2D eigenvalue weighted by atomic mass is 32.1. The average Bonchev–Trinajstić information content (AvgIpc) is 2.76. The lowest BCUT2D eigenvalue weighted by Crippen LogP contribution is -2.42. The number of hydrogen-bond donors (Lipinski definition) is 3. The van der Waals surface area contributed by atoms with Gasteiger partial charge in [0.05, 0.1) is 6.54 Å². The summed E-state index contributed by atoms with van der Waals surface area (Å²) in [6.07, 6.45) is 1.63. The highest BCUT2D eigenvalue weighted by molar-refractivity contribution is 8.10. The van der Waals surface area contributed by atoms with Gasteiger partial charge >= 0.3 is 0 Å². The second kappa shape index (κ2) is 5.15. The van der Waals surface area contributed by atoms with Crippen molar-refractivity contribution in [1.29, 1.82) is 0 Å². The molecule has 0 amide bonds. The van der Waals surface area contributed by atoms with E-state index in [-0.39, 0.29) is 12.6 Å². The van der Waals surface area contributed by atoms with E-state index in [2.05, 4.69) is 40.7 Å². The van der Waals surface area contributed by atoms with Crippen LogP contribution in [0.1, 0.15) is 17.7 Å². The molecule has 2 N–H and O–H groups in total. The molecule has 2 heterocycles. The first-order chi connectivity index (χ1) is 9.20. The molecule has 5 heteroatoms. The molecule has 0 aliphatic carbocycles. The van der Waals surface area contributed by atoms with Crippen molar-refractivity contribution < 1.29 is 5.11 Å². The van der Waals surface area contributed by atoms with E-state index >= 15 is 0 Å². The van der Waals surface area contributed by atoms with E-state index in [9.17, 15) is 5.11 Å². The minimum Gasteiger partial charge on any atom is -0.396 e. The van der Waals surface area contributed by atoms with E-state index in [0.29, 0.717) is 4.32 Å². The van der Waals surface area contributed by atoms with Gasteiger partial charge in [-0.05, 0) is 24.5 Å². The van der Waals surface area contributed by atoms with E-state index < -0.39 is 0 Å². The van der Waals surface area contributed by atoms with Gasteiger partial charge in [0.1, 0.15) is 4.32 Å². The molecule has 1 aliphatic heterocycles. The molecule has 0 bridgehead atoms. The molecule has 0 unspecified atom stereocenters. The molecule has 100 valence electrons. The van der Waals surface area contributed by atoms with E-state index in [4.69, 9.17) is 12.2 Å². The second-order valence-corrected chi connectivity index (χ2v) is 6.02. The van der Waals surface area contributed by atoms with E-state index in [1.54, 1.807) is 0 Å². The predicted octanol–water partition coefficient (Wildman–Crippen LogP) is 2.49. The van der Waals surface area contributed by atoms with Gasteiger partial charge in [0, 0.05) is 29.2 Å². The molecule has 19 heavy (non-hydrogen) atoms. The number of aromatic amines is 1. The first-order valence-electron chi connectivity index (χ1n) is 6.39. The number of thiocarbonyl (C=S) groups is 1. The van der Waals surface area contributed by atoms with Crippen LogP contribution in [0.2, 0.25) is 0 Å². The summed E-state index contributed by atoms with van der Waals surface area (Å²) < 4.78 is 0.600. The minimum absolute atomic E-state index is 0.176. The maximum atomic E-state index is 9.23. The summed E-state index contributed by atoms with van der Waals surface area (Å²) in [5, 5.41) is 10.5. The standard InChI is InChI=1S/C14H16N2OS2/c17-6-5-9-7-11-10-3-1-2-4-12(10)15-13(11)8-16(9)14(18)19/h1-4,9,15,17H,5-8H2,(H,18,19)/t9-/m0/s1. The molecule has 2 aromatic rings. The Bertz CT molecular complexity index is 623. The molecule has 3 rings (SSSR count). The molecule has 1 atom stereocenters. The zero-order valence-electron chi connectivity index (χ0n) is 10.5. The highest BCUT2D eigenvalue weighted by Crippen LogP contribution is 2.31. The van der Waals surface area contributed by atoms with Crippen LogP contribution in [0.5, 0.6) is 0 Å². The third kappa shape index (κ3) is 2.26. The van der Waals surface area contributed by atoms with Crippen LogP contribution in [0.15, 0.2) is 24.3 Å². The number of rotatable bonds is 2. The number of hydrogen-bond acceptors (Lipinski definition) is 2. The summed E-state index contributed by atoms with van der Waals surface area (Å²) in [4.78, 5) is 5.56. The molecule has 0 saturated carbocycles. The lowest BCUT2D eigenvalue weighted by atomic mass is 9.95. The first kappa shape index (κ1) is 13.0. The molecule has 0 radical (unpaired) electrons. The van der Waals surface area contributed by atoms with Crippen LogP contribution >= 0.6 is 24.8 Å². The van der Waals surface area contributed by atoms with Crippen molar-refractivity contribution >= 4 is 40.1 Å². The van der Waals surface area contributed by atoms with Crippen molar-refractivity contribution in [3.63, 3.8) is 0 Å². The third-order valence-corrected chi connectivity index (χ3v) is 4.31. The van der Waals surface area contributed by atoms with Crippen LogP contribution in [0.4, 0.5) is 0 Å². The van der Waals surface area contributed by atoms with Gasteiger partial charge in [0.15, 0.2) is 0 Å². The summed E-state index contributed by atoms with van der Waals surface area (Å²) in [7, 11) is 0. The number of nitrogens with zero attached hydrogens (tertiary/aromatic N) is 1. The zero-order chi connectivity index (χ0) is 13.4. The molecule has 3 nitrogen and oxygen atoms in total. The van der Waals surface area contributed by atoms with Crippen molar-refractivity contribution in [2.75, 3.05) is 6.61 Å². The fourth-order valence-corrected chi connectivity index (χ4v) is 3.35. The van der Waals surface area contributed by atoms with Crippen molar-refractivity contribution in [1.82, 2.24) is 9.88 Å². The number of benzene rings is 1. The Morgan fingerprint density at radius 2 is 2.26 bits per heavy atom. The summed E-state index contributed by atoms with van der Waals surface area (Å²) in [5.41, 5.74) is 3.74. The Morgan fingerprint density at radius 1 is 1.47 bits per heavy atom. The number of H-pyrrole nitrogens is 1. The minimum atomic E-state index is 0.176. The number of fused-ring (bicyclic) bond motifs is 3. The van der Waals surface area contributed by atoms with Gasteiger partial charge in [0.25, 0.3) is 0 Å². The smallest absolute Gasteiger partial charge is 0.133 e. The molecule has 0 spiro atoms. The lowest BCUT2D eigenvalue weighted by molar-refractivity contribution is 0.208. The molecule has 0 fully saturated rings. The highest BCUT2D eigenvalue weighted by Gasteiger charge is 2.28. The normalized spacial score (nSPS) is 18.6. The number of aromatic nitrogens is 1. The van der Waals surface area contributed by atoms with Gasteiger partial charge in [-0.1, -0.05) is 30.4 Å². The predicted molar refractivity (Wildman–Crippen MR) is 84.6 cm³/mol. The molecule has 1 aliphatic rings. The molecular formula is C14H16N2OS2. The molecule has 1 aromatic carbocycles. The fraction of sp³-hybridized carbons (Fsp3) is 0.357. The number of nitrogens with one attached hydrogen (secondary N) is 1. The van der Waals surface area contributed by atoms with Crippen molar-refractivity contribution in [3.8, 4) is 0 Å². The van der Waals surface area contributed by atoms with Crippen LogP contribution in [0.3, 0.4) is 0 Å². The van der Waals surface area contributed by atoms with Gasteiger partial charge < -0.3 is 15.0 Å². The van der Waals surface area contributed by atoms with Crippen LogP contribution in [0, 0.1) is 0 Å². The van der Waals surface area contributed by atoms with Gasteiger partial charge in [-0.25, -0.2) is 0 Å². The van der Waals surface area contributed by atoms with Gasteiger partial charge in [0.2, 0.25) is 0 Å². The van der Waals surface area contributed by atoms with Crippen LogP contribution < -0.4 is 0 Å². The Hall–Kier alpha value is -1.04. The van der Waals surface area contributed by atoms with Crippen LogP contribution in [0.25, 0.3) is 10.9 Å². The Kier molecular flexibility index (Phi) is 3.52. The van der Waals surface area contributed by atoms with E-state index in [1.807, 2.05) is 6.07 Å². The quantitative estimate of drug-likeness (QED) is 0.588. The number of thiol groups is 1. The summed E-state index contributed by atoms with van der Waals surface area (Å²) in [6.45, 7) is 0.923. The summed E-state index contributed by atoms with van der Waals surface area (Å²) in [5.74, 6) is 0. The number of para-hydroxylation sites is 1. The maximum Gasteiger partial charge on any atom is 0.133 e. The van der Waals surface area contributed by atoms with Gasteiger partial charge in [-0.2, -0.15) is 0 Å². The third-order valence-electron chi connectivity index (χ3n) is 3.82. The summed E-state index contributed by atoms with van der Waals surface area (Å²) >= 11 is 9.52. The first-order valence-corrected chi connectivity index (χ1v) is 7.25. The SMILES string of the molecule is OCC[C@H]1Cc2c([nH]c3ccccc23)CN1C(=S)S. The Labute approximate surface area is 123 Å². The van der Waals surface area contributed by atoms with Crippen molar-refractivity contribution in [3.05, 3.63) is 35.5 Å². The number of aliphatic hydroxyl groups excluding tert-OH is 1. The Morgan fingerprint density at radius 3 is 3.00 bits per heavy atom. The molecular weight excluding hydrogens is 276 g/mol. The van der Waals surface area contributed by atoms with Gasteiger partial charge in [-0.3, -0.25) is 0 Å². The zero-order valence-corrected chi connectivity index (χ0v) is 12.2.